The molecule has 1 aromatic heterocycles. The zero-order chi connectivity index (χ0) is 16.4. The molecule has 1 fully saturated rings. The van der Waals surface area contributed by atoms with E-state index in [0.29, 0.717) is 12.1 Å². The summed E-state index contributed by atoms with van der Waals surface area (Å²) in [7, 11) is 6.24. The topological polar surface area (TPSA) is 33.1 Å². The standard InChI is InChI=1S/C19H28N4/c1-14-6-5-7-15(8-14)16-9-18(10-16)20-12-19(22(2)3)17-11-21-23(4)13-17/h5-8,11,13,16,18-20H,9-10,12H2,1-4H3/t16?,18?,19-/m0/s1. The SMILES string of the molecule is Cc1cccc(C2CC(NC[C@@H](c3cnn(C)c3)N(C)C)C2)c1. The molecule has 1 heterocycles. The summed E-state index contributed by atoms with van der Waals surface area (Å²) in [6.07, 6.45) is 6.58. The van der Waals surface area contributed by atoms with Crippen molar-refractivity contribution in [3.05, 3.63) is 53.3 Å². The molecule has 1 saturated carbocycles. The van der Waals surface area contributed by atoms with Gasteiger partial charge in [-0.2, -0.15) is 5.10 Å². The van der Waals surface area contributed by atoms with E-state index >= 15 is 0 Å². The second-order valence-electron chi connectivity index (χ2n) is 7.11. The van der Waals surface area contributed by atoms with Gasteiger partial charge in [0.05, 0.1) is 6.20 Å². The van der Waals surface area contributed by atoms with E-state index in [1.165, 1.54) is 29.5 Å². The summed E-state index contributed by atoms with van der Waals surface area (Å²) in [5, 5.41) is 8.05. The van der Waals surface area contributed by atoms with Gasteiger partial charge in [-0.25, -0.2) is 0 Å². The lowest BCUT2D eigenvalue weighted by Gasteiger charge is -2.38. The molecule has 0 spiro atoms. The number of hydrogen-bond donors (Lipinski definition) is 1. The van der Waals surface area contributed by atoms with E-state index in [2.05, 4.69) is 66.8 Å². The molecule has 0 unspecified atom stereocenters. The van der Waals surface area contributed by atoms with Crippen molar-refractivity contribution in [2.75, 3.05) is 20.6 Å². The van der Waals surface area contributed by atoms with E-state index in [1.54, 1.807) is 0 Å². The third-order valence-corrected chi connectivity index (χ3v) is 4.98. The molecule has 1 aromatic carbocycles. The highest BCUT2D eigenvalue weighted by atomic mass is 15.2. The molecule has 124 valence electrons. The Labute approximate surface area is 139 Å². The van der Waals surface area contributed by atoms with Crippen LogP contribution in [0.2, 0.25) is 0 Å². The van der Waals surface area contributed by atoms with Crippen molar-refractivity contribution in [2.24, 2.45) is 7.05 Å². The Morgan fingerprint density at radius 3 is 2.74 bits per heavy atom. The Kier molecular flexibility index (Phi) is 4.83. The fourth-order valence-corrected chi connectivity index (χ4v) is 3.47. The normalized spacial score (nSPS) is 22.1. The molecule has 0 bridgehead atoms. The van der Waals surface area contributed by atoms with Crippen molar-refractivity contribution < 1.29 is 0 Å². The van der Waals surface area contributed by atoms with Crippen molar-refractivity contribution in [3.63, 3.8) is 0 Å². The van der Waals surface area contributed by atoms with Gasteiger partial charge in [-0.05, 0) is 45.3 Å². The maximum Gasteiger partial charge on any atom is 0.0538 e. The van der Waals surface area contributed by atoms with Crippen molar-refractivity contribution in [2.45, 2.75) is 37.8 Å². The molecule has 0 saturated heterocycles. The first-order valence-corrected chi connectivity index (χ1v) is 8.48. The third-order valence-electron chi connectivity index (χ3n) is 4.98. The van der Waals surface area contributed by atoms with E-state index in [-0.39, 0.29) is 0 Å². The van der Waals surface area contributed by atoms with Gasteiger partial charge in [-0.15, -0.1) is 0 Å². The molecule has 2 aromatic rings. The summed E-state index contributed by atoms with van der Waals surface area (Å²) in [5.41, 5.74) is 4.14. The van der Waals surface area contributed by atoms with Crippen LogP contribution in [0.3, 0.4) is 0 Å². The zero-order valence-electron chi connectivity index (χ0n) is 14.7. The summed E-state index contributed by atoms with van der Waals surface area (Å²) in [6, 6.07) is 9.97. The van der Waals surface area contributed by atoms with Crippen LogP contribution in [0.5, 0.6) is 0 Å². The lowest BCUT2D eigenvalue weighted by atomic mass is 9.75. The summed E-state index contributed by atoms with van der Waals surface area (Å²) < 4.78 is 1.88. The van der Waals surface area contributed by atoms with Gasteiger partial charge >= 0.3 is 0 Å². The van der Waals surface area contributed by atoms with Gasteiger partial charge in [0.1, 0.15) is 0 Å². The molecule has 4 nitrogen and oxygen atoms in total. The van der Waals surface area contributed by atoms with E-state index in [4.69, 9.17) is 0 Å². The van der Waals surface area contributed by atoms with Gasteiger partial charge in [0.25, 0.3) is 0 Å². The molecule has 1 atom stereocenters. The first kappa shape index (κ1) is 16.2. The quantitative estimate of drug-likeness (QED) is 0.890. The minimum Gasteiger partial charge on any atom is -0.312 e. The molecular weight excluding hydrogens is 284 g/mol. The lowest BCUT2D eigenvalue weighted by molar-refractivity contribution is 0.237. The third kappa shape index (κ3) is 3.82. The Balaban J connectivity index is 1.51. The molecule has 23 heavy (non-hydrogen) atoms. The van der Waals surface area contributed by atoms with Gasteiger partial charge in [0.2, 0.25) is 0 Å². The smallest absolute Gasteiger partial charge is 0.0538 e. The van der Waals surface area contributed by atoms with Crippen LogP contribution < -0.4 is 5.32 Å². The Hall–Kier alpha value is -1.65. The van der Waals surface area contributed by atoms with Crippen LogP contribution in [0.1, 0.15) is 41.5 Å². The van der Waals surface area contributed by atoms with Crippen molar-refractivity contribution in [3.8, 4) is 0 Å². The van der Waals surface area contributed by atoms with Crippen molar-refractivity contribution in [1.29, 1.82) is 0 Å². The fourth-order valence-electron chi connectivity index (χ4n) is 3.47. The number of aryl methyl sites for hydroxylation is 2. The van der Waals surface area contributed by atoms with Crippen LogP contribution in [0, 0.1) is 6.92 Å². The predicted molar refractivity (Wildman–Crippen MR) is 94.6 cm³/mol. The monoisotopic (exact) mass is 312 g/mol. The summed E-state index contributed by atoms with van der Waals surface area (Å²) in [6.45, 7) is 3.15. The highest BCUT2D eigenvalue weighted by Gasteiger charge is 2.30. The summed E-state index contributed by atoms with van der Waals surface area (Å²) in [4.78, 5) is 2.26. The van der Waals surface area contributed by atoms with Crippen molar-refractivity contribution in [1.82, 2.24) is 20.0 Å². The number of hydrogen-bond acceptors (Lipinski definition) is 3. The number of rotatable bonds is 6. The Bertz CT molecular complexity index is 640. The number of benzene rings is 1. The first-order chi connectivity index (χ1) is 11.0. The molecule has 3 rings (SSSR count). The van der Waals surface area contributed by atoms with Crippen LogP contribution >= 0.6 is 0 Å². The van der Waals surface area contributed by atoms with Gasteiger partial charge in [0, 0.05) is 37.4 Å². The Morgan fingerprint density at radius 2 is 2.13 bits per heavy atom. The maximum absolute atomic E-state index is 4.30. The van der Waals surface area contributed by atoms with E-state index in [9.17, 15) is 0 Å². The number of nitrogens with one attached hydrogen (secondary N) is 1. The number of aromatic nitrogens is 2. The highest BCUT2D eigenvalue weighted by molar-refractivity contribution is 5.27. The maximum atomic E-state index is 4.30. The van der Waals surface area contributed by atoms with E-state index in [0.717, 1.165) is 12.5 Å². The average molecular weight is 312 g/mol. The van der Waals surface area contributed by atoms with Crippen LogP contribution in [0.4, 0.5) is 0 Å². The van der Waals surface area contributed by atoms with Gasteiger partial charge in [0.15, 0.2) is 0 Å². The molecule has 0 aliphatic heterocycles. The minimum absolute atomic E-state index is 0.377. The predicted octanol–water partition coefficient (Wildman–Crippen LogP) is 2.87. The molecular formula is C19H28N4. The van der Waals surface area contributed by atoms with Crippen LogP contribution in [0.15, 0.2) is 36.7 Å². The Morgan fingerprint density at radius 1 is 1.35 bits per heavy atom. The molecule has 1 aliphatic rings. The van der Waals surface area contributed by atoms with Crippen molar-refractivity contribution >= 4 is 0 Å². The summed E-state index contributed by atoms with van der Waals surface area (Å²) >= 11 is 0. The number of nitrogens with zero attached hydrogens (tertiary/aromatic N) is 3. The molecule has 4 heteroatoms. The second-order valence-corrected chi connectivity index (χ2v) is 7.11. The van der Waals surface area contributed by atoms with Crippen LogP contribution in [-0.2, 0) is 7.05 Å². The van der Waals surface area contributed by atoms with Gasteiger partial charge in [-0.3, -0.25) is 4.68 Å². The van der Waals surface area contributed by atoms with E-state index < -0.39 is 0 Å². The largest absolute Gasteiger partial charge is 0.312 e. The van der Waals surface area contributed by atoms with E-state index in [1.807, 2.05) is 17.9 Å². The summed E-state index contributed by atoms with van der Waals surface area (Å²) in [5.74, 6) is 0.726. The van der Waals surface area contributed by atoms with Gasteiger partial charge < -0.3 is 10.2 Å². The minimum atomic E-state index is 0.377. The van der Waals surface area contributed by atoms with Crippen LogP contribution in [-0.4, -0.2) is 41.4 Å². The lowest BCUT2D eigenvalue weighted by Crippen LogP contribution is -2.43. The molecule has 1 N–H and O–H groups in total. The molecule has 1 aliphatic carbocycles. The molecule has 0 amide bonds. The van der Waals surface area contributed by atoms with Gasteiger partial charge in [-0.1, -0.05) is 29.8 Å². The average Bonchev–Trinajstić information content (AvgIpc) is 2.87. The van der Waals surface area contributed by atoms with Crippen LogP contribution in [0.25, 0.3) is 0 Å². The first-order valence-electron chi connectivity index (χ1n) is 8.48. The highest BCUT2D eigenvalue weighted by Crippen LogP contribution is 2.37. The number of likely N-dealkylation sites (N-methyl/N-ethyl adjacent to an activating group) is 1. The molecule has 0 radical (unpaired) electrons. The zero-order valence-corrected chi connectivity index (χ0v) is 14.7. The second kappa shape index (κ2) is 6.85. The fraction of sp³-hybridized carbons (Fsp3) is 0.526.